The molecule has 1 aromatic heterocycles. The number of hydrogen-bond donors (Lipinski definition) is 4. The lowest BCUT2D eigenvalue weighted by atomic mass is 10.3. The number of hydrogen-bond acceptors (Lipinski definition) is 4. The molecule has 0 fully saturated rings. The summed E-state index contributed by atoms with van der Waals surface area (Å²) in [5, 5.41) is 15.6. The first-order chi connectivity index (χ1) is 7.56. The van der Waals surface area contributed by atoms with Gasteiger partial charge in [0.25, 0.3) is 0 Å². The molecule has 0 bridgehead atoms. The van der Waals surface area contributed by atoms with E-state index in [1.807, 2.05) is 0 Å². The van der Waals surface area contributed by atoms with Gasteiger partial charge in [0.2, 0.25) is 0 Å². The van der Waals surface area contributed by atoms with Crippen LogP contribution in [0.4, 0.5) is 0 Å². The van der Waals surface area contributed by atoms with Crippen LogP contribution >= 0.6 is 0 Å². The lowest BCUT2D eigenvalue weighted by Gasteiger charge is -1.86. The first kappa shape index (κ1) is 13.8. The summed E-state index contributed by atoms with van der Waals surface area (Å²) < 4.78 is 0. The molecular formula is C9H13N3O4. The van der Waals surface area contributed by atoms with Crippen LogP contribution in [-0.2, 0) is 16.0 Å². The summed E-state index contributed by atoms with van der Waals surface area (Å²) in [5.41, 5.74) is 6.38. The number of H-pyrrole nitrogens is 1. The van der Waals surface area contributed by atoms with Crippen LogP contribution in [0.25, 0.3) is 0 Å². The third-order valence-corrected chi connectivity index (χ3v) is 1.34. The van der Waals surface area contributed by atoms with Crippen molar-refractivity contribution in [2.75, 3.05) is 6.54 Å². The van der Waals surface area contributed by atoms with Gasteiger partial charge in [-0.25, -0.2) is 14.6 Å². The quantitative estimate of drug-likeness (QED) is 0.519. The smallest absolute Gasteiger partial charge is 0.328 e. The van der Waals surface area contributed by atoms with Crippen molar-refractivity contribution < 1.29 is 19.8 Å². The van der Waals surface area contributed by atoms with Crippen molar-refractivity contribution in [3.63, 3.8) is 0 Å². The Balaban J connectivity index is 0.000000281. The number of carboxylic acids is 2. The number of aliphatic carboxylic acids is 2. The molecule has 16 heavy (non-hydrogen) atoms. The molecule has 0 atom stereocenters. The Kier molecular flexibility index (Phi) is 7.08. The summed E-state index contributed by atoms with van der Waals surface area (Å²) in [6.07, 6.45) is 5.45. The van der Waals surface area contributed by atoms with Crippen LogP contribution in [0.5, 0.6) is 0 Å². The van der Waals surface area contributed by atoms with E-state index >= 15 is 0 Å². The molecule has 88 valence electrons. The third-order valence-electron chi connectivity index (χ3n) is 1.34. The van der Waals surface area contributed by atoms with Gasteiger partial charge in [0, 0.05) is 30.5 Å². The van der Waals surface area contributed by atoms with Gasteiger partial charge in [-0.05, 0) is 6.54 Å². The zero-order valence-corrected chi connectivity index (χ0v) is 8.46. The van der Waals surface area contributed by atoms with Crippen LogP contribution in [0.15, 0.2) is 24.7 Å². The maximum atomic E-state index is 9.55. The molecule has 0 aromatic carbocycles. The van der Waals surface area contributed by atoms with Crippen LogP contribution in [0.1, 0.15) is 5.69 Å². The summed E-state index contributed by atoms with van der Waals surface area (Å²) in [6, 6.07) is 0. The molecule has 0 aliphatic rings. The highest BCUT2D eigenvalue weighted by atomic mass is 16.4. The second kappa shape index (κ2) is 8.18. The molecular weight excluding hydrogens is 214 g/mol. The maximum absolute atomic E-state index is 9.55. The summed E-state index contributed by atoms with van der Waals surface area (Å²) >= 11 is 0. The van der Waals surface area contributed by atoms with E-state index in [-0.39, 0.29) is 0 Å². The van der Waals surface area contributed by atoms with Gasteiger partial charge in [-0.2, -0.15) is 0 Å². The van der Waals surface area contributed by atoms with Gasteiger partial charge in [0.05, 0.1) is 6.33 Å². The molecule has 1 heterocycles. The topological polar surface area (TPSA) is 129 Å². The molecule has 0 saturated heterocycles. The fourth-order valence-corrected chi connectivity index (χ4v) is 0.719. The molecule has 0 aliphatic carbocycles. The first-order valence-corrected chi connectivity index (χ1v) is 4.37. The Hall–Kier alpha value is -2.15. The Morgan fingerprint density at radius 1 is 1.38 bits per heavy atom. The van der Waals surface area contributed by atoms with Crippen molar-refractivity contribution in [2.24, 2.45) is 5.73 Å². The summed E-state index contributed by atoms with van der Waals surface area (Å²) in [6.45, 7) is 0.683. The number of nitrogens with two attached hydrogens (primary N) is 1. The molecule has 0 saturated carbocycles. The molecule has 1 aromatic rings. The molecule has 5 N–H and O–H groups in total. The minimum Gasteiger partial charge on any atom is -0.478 e. The fraction of sp³-hybridized carbons (Fsp3) is 0.222. The van der Waals surface area contributed by atoms with Crippen LogP contribution in [0, 0.1) is 0 Å². The Labute approximate surface area is 91.6 Å². The number of aromatic nitrogens is 2. The largest absolute Gasteiger partial charge is 0.478 e. The van der Waals surface area contributed by atoms with Gasteiger partial charge in [-0.15, -0.1) is 0 Å². The third kappa shape index (κ3) is 8.45. The molecule has 0 amide bonds. The summed E-state index contributed by atoms with van der Waals surface area (Å²) in [7, 11) is 0. The number of nitrogens with one attached hydrogen (secondary N) is 1. The van der Waals surface area contributed by atoms with Crippen molar-refractivity contribution in [1.82, 2.24) is 9.97 Å². The van der Waals surface area contributed by atoms with Gasteiger partial charge in [0.15, 0.2) is 0 Å². The highest BCUT2D eigenvalue weighted by Crippen LogP contribution is 1.88. The molecule has 0 spiro atoms. The van der Waals surface area contributed by atoms with E-state index in [4.69, 9.17) is 15.9 Å². The average Bonchev–Trinajstić information content (AvgIpc) is 2.69. The van der Waals surface area contributed by atoms with Gasteiger partial charge >= 0.3 is 11.9 Å². The second-order valence-corrected chi connectivity index (χ2v) is 2.63. The van der Waals surface area contributed by atoms with E-state index in [0.29, 0.717) is 18.7 Å². The zero-order valence-electron chi connectivity index (χ0n) is 8.46. The number of carbonyl (C=O) groups is 2. The summed E-state index contributed by atoms with van der Waals surface area (Å²) in [5.74, 6) is -2.51. The van der Waals surface area contributed by atoms with Crippen molar-refractivity contribution >= 4 is 11.9 Å². The number of nitrogens with zero attached hydrogens (tertiary/aromatic N) is 1. The van der Waals surface area contributed by atoms with Gasteiger partial charge < -0.3 is 20.9 Å². The lowest BCUT2D eigenvalue weighted by molar-refractivity contribution is -0.134. The van der Waals surface area contributed by atoms with Crippen molar-refractivity contribution in [1.29, 1.82) is 0 Å². The molecule has 7 nitrogen and oxygen atoms in total. The average molecular weight is 227 g/mol. The standard InChI is InChI=1S/C5H9N3.C4H4O4/c6-2-1-5-3-7-4-8-5;5-3(6)1-2-4(7)8/h3-4H,1-2,6H2,(H,7,8);1-2H,(H,5,6)(H,7,8). The zero-order chi connectivity index (χ0) is 12.4. The van der Waals surface area contributed by atoms with E-state index in [1.165, 1.54) is 0 Å². The molecule has 1 rings (SSSR count). The van der Waals surface area contributed by atoms with E-state index in [2.05, 4.69) is 9.97 Å². The van der Waals surface area contributed by atoms with E-state index < -0.39 is 11.9 Å². The Morgan fingerprint density at radius 3 is 2.25 bits per heavy atom. The predicted molar refractivity (Wildman–Crippen MR) is 55.8 cm³/mol. The maximum Gasteiger partial charge on any atom is 0.328 e. The predicted octanol–water partition coefficient (Wildman–Crippen LogP) is -0.377. The fourth-order valence-electron chi connectivity index (χ4n) is 0.719. The van der Waals surface area contributed by atoms with Crippen LogP contribution in [-0.4, -0.2) is 38.7 Å². The van der Waals surface area contributed by atoms with Crippen molar-refractivity contribution in [2.45, 2.75) is 6.42 Å². The molecule has 0 unspecified atom stereocenters. The van der Waals surface area contributed by atoms with E-state index in [1.54, 1.807) is 12.5 Å². The van der Waals surface area contributed by atoms with Gasteiger partial charge in [0.1, 0.15) is 0 Å². The normalized spacial score (nSPS) is 9.56. The van der Waals surface area contributed by atoms with Gasteiger partial charge in [-0.3, -0.25) is 0 Å². The highest BCUT2D eigenvalue weighted by Gasteiger charge is 1.88. The molecule has 0 radical (unpaired) electrons. The minimum absolute atomic E-state index is 0.558. The first-order valence-electron chi connectivity index (χ1n) is 4.37. The molecule has 0 aliphatic heterocycles. The monoisotopic (exact) mass is 227 g/mol. The van der Waals surface area contributed by atoms with Crippen LogP contribution < -0.4 is 5.73 Å². The number of carboxylic acid groups (broad SMARTS) is 2. The minimum atomic E-state index is -1.26. The molecule has 7 heteroatoms. The van der Waals surface area contributed by atoms with Crippen LogP contribution in [0.2, 0.25) is 0 Å². The SMILES string of the molecule is NCCc1cnc[nH]1.O=C(O)C=CC(=O)O. The Bertz CT molecular complexity index is 330. The second-order valence-electron chi connectivity index (χ2n) is 2.63. The van der Waals surface area contributed by atoms with Crippen molar-refractivity contribution in [3.05, 3.63) is 30.4 Å². The van der Waals surface area contributed by atoms with Crippen molar-refractivity contribution in [3.8, 4) is 0 Å². The highest BCUT2D eigenvalue weighted by molar-refractivity contribution is 5.89. The lowest BCUT2D eigenvalue weighted by Crippen LogP contribution is -2.02. The Morgan fingerprint density at radius 2 is 1.94 bits per heavy atom. The number of imidazole rings is 1. The summed E-state index contributed by atoms with van der Waals surface area (Å²) in [4.78, 5) is 25.9. The van der Waals surface area contributed by atoms with Crippen LogP contribution in [0.3, 0.4) is 0 Å². The number of aromatic amines is 1. The van der Waals surface area contributed by atoms with E-state index in [0.717, 1.165) is 12.1 Å². The number of rotatable bonds is 4. The van der Waals surface area contributed by atoms with Gasteiger partial charge in [-0.1, -0.05) is 0 Å². The van der Waals surface area contributed by atoms with E-state index in [9.17, 15) is 9.59 Å².